The number of cyclic esters (lactones) is 1. The number of benzene rings is 1. The summed E-state index contributed by atoms with van der Waals surface area (Å²) in [4.78, 5) is 63.4. The molecule has 1 aromatic heterocycles. The molecule has 16 heteroatoms. The maximum absolute atomic E-state index is 13.4. The summed E-state index contributed by atoms with van der Waals surface area (Å²) >= 11 is 0. The van der Waals surface area contributed by atoms with Crippen molar-refractivity contribution < 1.29 is 43.6 Å². The molecule has 0 spiro atoms. The van der Waals surface area contributed by atoms with Gasteiger partial charge in [-0.05, 0) is 61.1 Å². The Hall–Kier alpha value is -4.67. The minimum Gasteiger partial charge on any atom is -0.465 e. The maximum Gasteiger partial charge on any atom is 0.407 e. The summed E-state index contributed by atoms with van der Waals surface area (Å²) in [5.41, 5.74) is 1.53. The molecule has 2 aromatic rings. The Labute approximate surface area is 312 Å². The van der Waals surface area contributed by atoms with E-state index in [1.165, 1.54) is 4.90 Å². The number of amides is 3. The number of allylic oxidation sites excluding steroid dienone is 3. The molecule has 2 aliphatic carbocycles. The normalized spacial score (nSPS) is 28.2. The fourth-order valence-corrected chi connectivity index (χ4v) is 8.38. The van der Waals surface area contributed by atoms with Crippen LogP contribution < -0.4 is 16.2 Å². The standard InChI is InChI=1S/C38H50N6O10/c1-22-18-24-7-6-23(2)27(9-8-26-20-25(45)21-33(47)54-26)34(24)31(19-22)43(38(50)51)13-15-53-17-16-52-14-12-39-28-4-3-5-29-35(28)37(49)44(42-41-29)30-10-11-32(46)40-36(30)48/h3-7,18,22-23,25-27,30-31,34,39,45H,8-17,19-21H2,1-2H3,(H,50,51)(H,40,46,48)/t22-,23-,25+,26+,27-,30?,31-,34-/m0/s1. The second kappa shape index (κ2) is 17.6. The highest BCUT2D eigenvalue weighted by Crippen LogP contribution is 2.45. The highest BCUT2D eigenvalue weighted by atomic mass is 16.5. The molecule has 8 atom stereocenters. The lowest BCUT2D eigenvalue weighted by Crippen LogP contribution is -2.51. The van der Waals surface area contributed by atoms with Crippen molar-refractivity contribution in [3.63, 3.8) is 0 Å². The molecular formula is C38H50N6O10. The Bertz CT molecular complexity index is 1830. The molecule has 0 bridgehead atoms. The summed E-state index contributed by atoms with van der Waals surface area (Å²) in [6.45, 7) is 5.86. The van der Waals surface area contributed by atoms with E-state index in [-0.39, 0.29) is 98.7 Å². The number of fused-ring (bicyclic) bond motifs is 2. The molecule has 2 saturated heterocycles. The van der Waals surface area contributed by atoms with Gasteiger partial charge in [-0.25, -0.2) is 4.79 Å². The van der Waals surface area contributed by atoms with Crippen molar-refractivity contribution in [1.82, 2.24) is 25.2 Å². The molecule has 0 radical (unpaired) electrons. The number of anilines is 1. The summed E-state index contributed by atoms with van der Waals surface area (Å²) in [6.07, 6.45) is 7.31. The molecule has 4 aliphatic rings. The van der Waals surface area contributed by atoms with Crippen LogP contribution in [0, 0.1) is 23.7 Å². The van der Waals surface area contributed by atoms with Crippen molar-refractivity contribution in [2.45, 2.75) is 83.1 Å². The zero-order chi connectivity index (χ0) is 38.4. The van der Waals surface area contributed by atoms with Gasteiger partial charge in [-0.2, -0.15) is 4.68 Å². The van der Waals surface area contributed by atoms with Gasteiger partial charge < -0.3 is 34.6 Å². The van der Waals surface area contributed by atoms with Crippen LogP contribution in [0.2, 0.25) is 0 Å². The van der Waals surface area contributed by atoms with E-state index in [0.717, 1.165) is 16.7 Å². The highest BCUT2D eigenvalue weighted by Gasteiger charge is 2.43. The Morgan fingerprint density at radius 3 is 2.65 bits per heavy atom. The Morgan fingerprint density at radius 1 is 1.09 bits per heavy atom. The number of carbonyl (C=O) groups excluding carboxylic acids is 3. The topological polar surface area (TPSA) is 212 Å². The van der Waals surface area contributed by atoms with Crippen molar-refractivity contribution >= 4 is 40.5 Å². The molecule has 1 unspecified atom stereocenters. The summed E-state index contributed by atoms with van der Waals surface area (Å²) < 4.78 is 18.1. The van der Waals surface area contributed by atoms with E-state index in [4.69, 9.17) is 14.2 Å². The van der Waals surface area contributed by atoms with Crippen LogP contribution in [-0.4, -0.2) is 112 Å². The molecule has 6 rings (SSSR count). The Kier molecular flexibility index (Phi) is 12.8. The number of aromatic nitrogens is 3. The Morgan fingerprint density at radius 2 is 1.89 bits per heavy atom. The van der Waals surface area contributed by atoms with E-state index in [0.29, 0.717) is 43.6 Å². The van der Waals surface area contributed by atoms with Crippen LogP contribution in [0.3, 0.4) is 0 Å². The molecule has 4 N–H and O–H groups in total. The minimum absolute atomic E-state index is 0.00793. The lowest BCUT2D eigenvalue weighted by atomic mass is 9.64. The number of nitrogens with one attached hydrogen (secondary N) is 2. The number of esters is 1. The molecule has 292 valence electrons. The lowest BCUT2D eigenvalue weighted by Gasteiger charge is -2.47. The van der Waals surface area contributed by atoms with Gasteiger partial charge in [0.1, 0.15) is 17.7 Å². The summed E-state index contributed by atoms with van der Waals surface area (Å²) in [5.74, 6) is -0.805. The molecule has 1 aromatic carbocycles. The molecule has 3 heterocycles. The van der Waals surface area contributed by atoms with E-state index in [2.05, 4.69) is 53.0 Å². The highest BCUT2D eigenvalue weighted by molar-refractivity contribution is 5.99. The number of aliphatic hydroxyl groups is 1. The number of rotatable bonds is 15. The number of hydrogen-bond donors (Lipinski definition) is 4. The van der Waals surface area contributed by atoms with Gasteiger partial charge in [0.05, 0.1) is 44.3 Å². The molecule has 2 aliphatic heterocycles. The third-order valence-corrected chi connectivity index (χ3v) is 11.0. The van der Waals surface area contributed by atoms with Gasteiger partial charge in [-0.3, -0.25) is 24.5 Å². The summed E-state index contributed by atoms with van der Waals surface area (Å²) in [5, 5.41) is 34.3. The van der Waals surface area contributed by atoms with E-state index in [1.54, 1.807) is 18.2 Å². The molecular weight excluding hydrogens is 700 g/mol. The second-order valence-corrected chi connectivity index (χ2v) is 14.8. The van der Waals surface area contributed by atoms with Crippen molar-refractivity contribution in [2.24, 2.45) is 23.7 Å². The van der Waals surface area contributed by atoms with Crippen molar-refractivity contribution in [1.29, 1.82) is 0 Å². The van der Waals surface area contributed by atoms with E-state index in [1.807, 2.05) is 0 Å². The van der Waals surface area contributed by atoms with Crippen LogP contribution in [0.4, 0.5) is 10.5 Å². The second-order valence-electron chi connectivity index (χ2n) is 14.8. The van der Waals surface area contributed by atoms with Crippen molar-refractivity contribution in [2.75, 3.05) is 44.8 Å². The number of nitrogens with zero attached hydrogens (tertiary/aromatic N) is 4. The van der Waals surface area contributed by atoms with Crippen molar-refractivity contribution in [3.05, 3.63) is 52.4 Å². The van der Waals surface area contributed by atoms with E-state index in [9.17, 15) is 34.2 Å². The van der Waals surface area contributed by atoms with Crippen LogP contribution in [0.25, 0.3) is 10.9 Å². The van der Waals surface area contributed by atoms with Crippen LogP contribution in [0.15, 0.2) is 46.8 Å². The lowest BCUT2D eigenvalue weighted by molar-refractivity contribution is -0.160. The van der Waals surface area contributed by atoms with Gasteiger partial charge in [-0.1, -0.05) is 43.4 Å². The van der Waals surface area contributed by atoms with Gasteiger partial charge in [0.2, 0.25) is 5.91 Å². The maximum atomic E-state index is 13.4. The minimum atomic E-state index is -0.993. The monoisotopic (exact) mass is 750 g/mol. The average Bonchev–Trinajstić information content (AvgIpc) is 3.12. The fraction of sp³-hybridized carbons (Fsp3) is 0.605. The number of carboxylic acid groups (broad SMARTS) is 1. The SMILES string of the molecule is C[C@H]1C=C2C=C[C@H](C)[C@H](CC[C@@H]3C[C@@H](O)CC(=O)O3)[C@H]2[C@@H](N(CCOCCOCCNc2cccc3nnn(C4CCC(=O)NC4=O)c(=O)c23)C(=O)O)C1. The van der Waals surface area contributed by atoms with Crippen molar-refractivity contribution in [3.8, 4) is 0 Å². The smallest absolute Gasteiger partial charge is 0.407 e. The van der Waals surface area contributed by atoms with Gasteiger partial charge >= 0.3 is 12.1 Å². The first-order chi connectivity index (χ1) is 26.0. The van der Waals surface area contributed by atoms with Crippen LogP contribution in [0.1, 0.15) is 64.8 Å². The molecule has 3 amide bonds. The van der Waals surface area contributed by atoms with Gasteiger partial charge in [-0.15, -0.1) is 5.10 Å². The zero-order valence-electron chi connectivity index (χ0n) is 30.7. The molecule has 2 fully saturated rings. The molecule has 0 saturated carbocycles. The number of hydrogen-bond acceptors (Lipinski definition) is 12. The summed E-state index contributed by atoms with van der Waals surface area (Å²) in [6, 6.07) is 3.96. The van der Waals surface area contributed by atoms with Gasteiger partial charge in [0.25, 0.3) is 11.5 Å². The Balaban J connectivity index is 0.976. The quantitative estimate of drug-likeness (QED) is 0.117. The zero-order valence-corrected chi connectivity index (χ0v) is 30.7. The average molecular weight is 751 g/mol. The van der Waals surface area contributed by atoms with E-state index < -0.39 is 29.7 Å². The first kappa shape index (κ1) is 39.0. The third kappa shape index (κ3) is 9.16. The number of imide groups is 1. The van der Waals surface area contributed by atoms with Gasteiger partial charge in [0, 0.05) is 43.6 Å². The molecule has 54 heavy (non-hydrogen) atoms. The predicted molar refractivity (Wildman–Crippen MR) is 195 cm³/mol. The van der Waals surface area contributed by atoms with Crippen LogP contribution in [0.5, 0.6) is 0 Å². The number of ether oxygens (including phenoxy) is 3. The molecule has 16 nitrogen and oxygen atoms in total. The predicted octanol–water partition coefficient (Wildman–Crippen LogP) is 2.81. The van der Waals surface area contributed by atoms with Gasteiger partial charge in [0.15, 0.2) is 0 Å². The van der Waals surface area contributed by atoms with Crippen LogP contribution in [-0.2, 0) is 28.6 Å². The summed E-state index contributed by atoms with van der Waals surface area (Å²) in [7, 11) is 0. The fourth-order valence-electron chi connectivity index (χ4n) is 8.38. The van der Waals surface area contributed by atoms with Crippen LogP contribution >= 0.6 is 0 Å². The number of piperidine rings is 1. The number of aliphatic hydroxyl groups excluding tert-OH is 1. The third-order valence-electron chi connectivity index (χ3n) is 11.0. The van der Waals surface area contributed by atoms with E-state index >= 15 is 0 Å². The number of carbonyl (C=O) groups is 4. The largest absolute Gasteiger partial charge is 0.465 e. The first-order valence-corrected chi connectivity index (χ1v) is 18.9. The first-order valence-electron chi connectivity index (χ1n) is 18.9.